The predicted molar refractivity (Wildman–Crippen MR) is 139 cm³/mol. The van der Waals surface area contributed by atoms with Crippen molar-refractivity contribution in [2.45, 2.75) is 90.4 Å². The molecule has 2 saturated heterocycles. The zero-order valence-electron chi connectivity index (χ0n) is 22.3. The second-order valence-electron chi connectivity index (χ2n) is 11.7. The molecule has 0 bridgehead atoms. The number of thiazole rings is 1. The molecule has 0 unspecified atom stereocenters. The summed E-state index contributed by atoms with van der Waals surface area (Å²) in [4.78, 5) is 33.2. The van der Waals surface area contributed by atoms with Crippen LogP contribution < -0.4 is 0 Å². The molecule has 2 aromatic rings. The Kier molecular flexibility index (Phi) is 7.64. The molecular formula is C26H39N5O4S. The van der Waals surface area contributed by atoms with Crippen molar-refractivity contribution in [1.29, 1.82) is 0 Å². The normalized spacial score (nSPS) is 18.4. The van der Waals surface area contributed by atoms with Gasteiger partial charge in [0.1, 0.15) is 16.2 Å². The lowest BCUT2D eigenvalue weighted by Gasteiger charge is -2.33. The number of carbonyl (C=O) groups excluding carboxylic acids is 2. The molecule has 9 nitrogen and oxygen atoms in total. The molecule has 0 atom stereocenters. The van der Waals surface area contributed by atoms with E-state index in [4.69, 9.17) is 14.5 Å². The lowest BCUT2D eigenvalue weighted by Crippen LogP contribution is -2.42. The van der Waals surface area contributed by atoms with Crippen LogP contribution in [0.15, 0.2) is 17.8 Å². The van der Waals surface area contributed by atoms with Gasteiger partial charge in [-0.2, -0.15) is 5.10 Å². The van der Waals surface area contributed by atoms with Crippen molar-refractivity contribution in [2.75, 3.05) is 26.2 Å². The van der Waals surface area contributed by atoms with E-state index < -0.39 is 11.2 Å². The van der Waals surface area contributed by atoms with Gasteiger partial charge in [-0.25, -0.2) is 14.6 Å². The first-order chi connectivity index (χ1) is 16.9. The fourth-order valence-electron chi connectivity index (χ4n) is 4.58. The molecule has 0 radical (unpaired) electrons. The molecule has 2 aliphatic rings. The number of carbonyl (C=O) groups is 2. The third-order valence-electron chi connectivity index (χ3n) is 6.43. The van der Waals surface area contributed by atoms with Gasteiger partial charge in [0.2, 0.25) is 0 Å². The van der Waals surface area contributed by atoms with Gasteiger partial charge in [-0.15, -0.1) is 11.3 Å². The second kappa shape index (κ2) is 10.4. The fraction of sp³-hybridized carbons (Fsp3) is 0.692. The van der Waals surface area contributed by atoms with Crippen LogP contribution in [0, 0.1) is 0 Å². The van der Waals surface area contributed by atoms with E-state index >= 15 is 0 Å². The highest BCUT2D eigenvalue weighted by atomic mass is 32.1. The molecule has 4 rings (SSSR count). The Morgan fingerprint density at radius 2 is 1.42 bits per heavy atom. The number of ether oxygens (including phenoxy) is 2. The minimum atomic E-state index is -0.480. The van der Waals surface area contributed by atoms with Crippen molar-refractivity contribution in [2.24, 2.45) is 0 Å². The first kappa shape index (κ1) is 26.4. The van der Waals surface area contributed by atoms with Crippen molar-refractivity contribution in [3.63, 3.8) is 0 Å². The van der Waals surface area contributed by atoms with E-state index in [0.29, 0.717) is 32.1 Å². The van der Waals surface area contributed by atoms with E-state index in [2.05, 4.69) is 16.7 Å². The zero-order valence-corrected chi connectivity index (χ0v) is 23.1. The summed E-state index contributed by atoms with van der Waals surface area (Å²) in [5.74, 6) is 0.348. The minimum Gasteiger partial charge on any atom is -0.444 e. The van der Waals surface area contributed by atoms with E-state index in [1.54, 1.807) is 21.1 Å². The SMILES string of the molecule is CC(C)(C)OC(=O)N1CCC(c2csc(-c3cnn(C4CCN(C(=O)OC(C)(C)C)CC4)c3)n2)CC1. The molecule has 10 heteroatoms. The van der Waals surface area contributed by atoms with Crippen LogP contribution in [0.4, 0.5) is 9.59 Å². The van der Waals surface area contributed by atoms with Crippen LogP contribution in [-0.2, 0) is 9.47 Å². The third kappa shape index (κ3) is 6.78. The Morgan fingerprint density at radius 1 is 0.889 bits per heavy atom. The van der Waals surface area contributed by atoms with Gasteiger partial charge in [-0.1, -0.05) is 0 Å². The molecule has 36 heavy (non-hydrogen) atoms. The molecule has 198 valence electrons. The summed E-state index contributed by atoms with van der Waals surface area (Å²) < 4.78 is 13.0. The quantitative estimate of drug-likeness (QED) is 0.519. The van der Waals surface area contributed by atoms with Crippen molar-refractivity contribution in [3.8, 4) is 10.6 Å². The summed E-state index contributed by atoms with van der Waals surface area (Å²) in [7, 11) is 0. The molecular weight excluding hydrogens is 478 g/mol. The average Bonchev–Trinajstić information content (AvgIpc) is 3.47. The van der Waals surface area contributed by atoms with E-state index in [9.17, 15) is 9.59 Å². The van der Waals surface area contributed by atoms with E-state index in [1.165, 1.54) is 0 Å². The maximum Gasteiger partial charge on any atom is 0.410 e. The summed E-state index contributed by atoms with van der Waals surface area (Å²) in [5, 5.41) is 7.72. The highest BCUT2D eigenvalue weighted by Crippen LogP contribution is 2.33. The molecule has 0 aromatic carbocycles. The summed E-state index contributed by atoms with van der Waals surface area (Å²) in [6, 6.07) is 0.258. The number of amides is 2. The van der Waals surface area contributed by atoms with Crippen LogP contribution >= 0.6 is 11.3 Å². The van der Waals surface area contributed by atoms with Gasteiger partial charge in [0.25, 0.3) is 0 Å². The largest absolute Gasteiger partial charge is 0.444 e. The van der Waals surface area contributed by atoms with Gasteiger partial charge in [0, 0.05) is 49.2 Å². The minimum absolute atomic E-state index is 0.232. The fourth-order valence-corrected chi connectivity index (χ4v) is 5.46. The molecule has 0 saturated carbocycles. The van der Waals surface area contributed by atoms with E-state index in [0.717, 1.165) is 41.9 Å². The topological polar surface area (TPSA) is 89.8 Å². The Bertz CT molecular complexity index is 967. The molecule has 2 aromatic heterocycles. The number of hydrogen-bond donors (Lipinski definition) is 0. The molecule has 4 heterocycles. The van der Waals surface area contributed by atoms with Crippen LogP contribution in [0.5, 0.6) is 0 Å². The molecule has 0 aliphatic carbocycles. The second-order valence-corrected chi connectivity index (χ2v) is 12.6. The van der Waals surface area contributed by atoms with Crippen LogP contribution in [0.3, 0.4) is 0 Å². The zero-order chi connectivity index (χ0) is 26.1. The molecule has 0 spiro atoms. The molecule has 2 amide bonds. The molecule has 2 aliphatic heterocycles. The van der Waals surface area contributed by atoms with Gasteiger partial charge in [-0.05, 0) is 67.2 Å². The van der Waals surface area contributed by atoms with Crippen molar-refractivity contribution >= 4 is 23.5 Å². The van der Waals surface area contributed by atoms with Gasteiger partial charge in [-0.3, -0.25) is 4.68 Å². The van der Waals surface area contributed by atoms with Crippen LogP contribution in [-0.4, -0.2) is 74.1 Å². The lowest BCUT2D eigenvalue weighted by molar-refractivity contribution is 0.0180. The van der Waals surface area contributed by atoms with Crippen LogP contribution in [0.25, 0.3) is 10.6 Å². The molecule has 0 N–H and O–H groups in total. The Morgan fingerprint density at radius 3 is 1.94 bits per heavy atom. The Labute approximate surface area is 217 Å². The number of hydrogen-bond acceptors (Lipinski definition) is 7. The maximum absolute atomic E-state index is 12.3. The number of rotatable bonds is 3. The van der Waals surface area contributed by atoms with Crippen molar-refractivity contribution in [3.05, 3.63) is 23.5 Å². The van der Waals surface area contributed by atoms with Gasteiger partial charge < -0.3 is 19.3 Å². The first-order valence-electron chi connectivity index (χ1n) is 12.8. The maximum atomic E-state index is 12.3. The summed E-state index contributed by atoms with van der Waals surface area (Å²) >= 11 is 1.64. The van der Waals surface area contributed by atoms with Crippen LogP contribution in [0.1, 0.15) is 84.9 Å². The third-order valence-corrected chi connectivity index (χ3v) is 7.34. The molecule has 2 fully saturated rings. The first-order valence-corrected chi connectivity index (χ1v) is 13.7. The average molecular weight is 518 g/mol. The van der Waals surface area contributed by atoms with E-state index in [1.807, 2.05) is 52.4 Å². The highest BCUT2D eigenvalue weighted by Gasteiger charge is 2.30. The van der Waals surface area contributed by atoms with Gasteiger partial charge in [0.15, 0.2) is 0 Å². The van der Waals surface area contributed by atoms with E-state index in [-0.39, 0.29) is 18.2 Å². The lowest BCUT2D eigenvalue weighted by atomic mass is 9.94. The van der Waals surface area contributed by atoms with Gasteiger partial charge >= 0.3 is 12.2 Å². The number of likely N-dealkylation sites (tertiary alicyclic amines) is 2. The van der Waals surface area contributed by atoms with Crippen LogP contribution in [0.2, 0.25) is 0 Å². The monoisotopic (exact) mass is 517 g/mol. The smallest absolute Gasteiger partial charge is 0.410 e. The van der Waals surface area contributed by atoms with Crippen molar-refractivity contribution < 1.29 is 19.1 Å². The summed E-state index contributed by atoms with van der Waals surface area (Å²) in [5.41, 5.74) is 1.16. The van der Waals surface area contributed by atoms with Crippen molar-refractivity contribution in [1.82, 2.24) is 24.6 Å². The predicted octanol–water partition coefficient (Wildman–Crippen LogP) is 5.69. The Balaban J connectivity index is 1.30. The number of aromatic nitrogens is 3. The highest BCUT2D eigenvalue weighted by molar-refractivity contribution is 7.13. The Hall–Kier alpha value is -2.62. The van der Waals surface area contributed by atoms with Gasteiger partial charge in [0.05, 0.1) is 17.9 Å². The standard InChI is InChI=1S/C26H39N5O4S/c1-25(2,3)34-23(32)29-11-7-18(8-12-29)21-17-36-22(28-21)19-15-27-31(16-19)20-9-13-30(14-10-20)24(33)35-26(4,5)6/h15-18,20H,7-14H2,1-6H3. The number of piperidine rings is 2. The summed E-state index contributed by atoms with van der Waals surface area (Å²) in [6.45, 7) is 14.0. The number of nitrogens with zero attached hydrogens (tertiary/aromatic N) is 5. The summed E-state index contributed by atoms with van der Waals surface area (Å²) in [6.07, 6.45) is 6.95.